The summed E-state index contributed by atoms with van der Waals surface area (Å²) in [6.45, 7) is 0.357. The maximum atomic E-state index is 12.1. The van der Waals surface area contributed by atoms with Gasteiger partial charge in [0, 0.05) is 15.9 Å². The van der Waals surface area contributed by atoms with Gasteiger partial charge in [0.15, 0.2) is 0 Å². The van der Waals surface area contributed by atoms with Gasteiger partial charge in [-0.3, -0.25) is 0 Å². The second-order valence-electron chi connectivity index (χ2n) is 3.93. The van der Waals surface area contributed by atoms with Gasteiger partial charge in [0.05, 0.1) is 13.7 Å². The fourth-order valence-corrected chi connectivity index (χ4v) is 4.71. The van der Waals surface area contributed by atoms with E-state index in [9.17, 15) is 8.42 Å². The first-order valence-electron chi connectivity index (χ1n) is 5.57. The van der Waals surface area contributed by atoms with Crippen molar-refractivity contribution in [1.82, 2.24) is 4.72 Å². The van der Waals surface area contributed by atoms with E-state index < -0.39 is 10.0 Å². The number of rotatable bonds is 5. The summed E-state index contributed by atoms with van der Waals surface area (Å²) in [5, 5.41) is 0.479. The molecule has 0 spiro atoms. The molecule has 0 aliphatic carbocycles. The SMILES string of the molecule is O=S(=O)(NCCc1ccc(Br)s1)c1ccc(Cl)c(Br)c1. The first-order chi connectivity index (χ1) is 9.38. The summed E-state index contributed by atoms with van der Waals surface area (Å²) < 4.78 is 28.4. The van der Waals surface area contributed by atoms with E-state index in [4.69, 9.17) is 11.6 Å². The summed E-state index contributed by atoms with van der Waals surface area (Å²) in [5.41, 5.74) is 0. The minimum absolute atomic E-state index is 0.195. The van der Waals surface area contributed by atoms with Crippen LogP contribution in [-0.2, 0) is 16.4 Å². The third-order valence-electron chi connectivity index (χ3n) is 2.49. The third kappa shape index (κ3) is 4.29. The molecule has 2 rings (SSSR count). The van der Waals surface area contributed by atoms with E-state index in [2.05, 4.69) is 36.6 Å². The number of nitrogens with one attached hydrogen (secondary N) is 1. The Kier molecular flexibility index (Phi) is 5.67. The Labute approximate surface area is 143 Å². The van der Waals surface area contributed by atoms with E-state index in [0.29, 0.717) is 22.5 Å². The van der Waals surface area contributed by atoms with Crippen LogP contribution < -0.4 is 4.72 Å². The molecule has 0 saturated carbocycles. The third-order valence-corrected chi connectivity index (χ3v) is 6.85. The number of sulfonamides is 1. The molecule has 1 heterocycles. The molecule has 1 aromatic carbocycles. The normalized spacial score (nSPS) is 11.8. The second-order valence-corrected chi connectivity index (χ2v) is 9.51. The molecule has 0 atom stereocenters. The number of hydrogen-bond donors (Lipinski definition) is 1. The Balaban J connectivity index is 2.02. The molecule has 0 bridgehead atoms. The molecule has 0 aliphatic heterocycles. The smallest absolute Gasteiger partial charge is 0.211 e. The highest BCUT2D eigenvalue weighted by molar-refractivity contribution is 9.11. The summed E-state index contributed by atoms with van der Waals surface area (Å²) >= 11 is 14.0. The lowest BCUT2D eigenvalue weighted by atomic mass is 10.3. The number of benzene rings is 1. The van der Waals surface area contributed by atoms with Crippen molar-refractivity contribution in [1.29, 1.82) is 0 Å². The van der Waals surface area contributed by atoms with Crippen molar-refractivity contribution in [2.24, 2.45) is 0 Å². The van der Waals surface area contributed by atoms with Gasteiger partial charge in [-0.05, 0) is 68.6 Å². The van der Waals surface area contributed by atoms with Crippen molar-refractivity contribution in [3.8, 4) is 0 Å². The summed E-state index contributed by atoms with van der Waals surface area (Å²) in [6.07, 6.45) is 0.657. The van der Waals surface area contributed by atoms with Gasteiger partial charge in [-0.2, -0.15) is 0 Å². The zero-order valence-electron chi connectivity index (χ0n) is 10.1. The van der Waals surface area contributed by atoms with E-state index in [1.165, 1.54) is 12.1 Å². The van der Waals surface area contributed by atoms with Crippen LogP contribution in [-0.4, -0.2) is 15.0 Å². The van der Waals surface area contributed by atoms with Gasteiger partial charge in [0.1, 0.15) is 0 Å². The highest BCUT2D eigenvalue weighted by Gasteiger charge is 2.14. The standard InChI is InChI=1S/C12H10Br2ClNO2S2/c13-10-7-9(2-3-11(10)15)20(17,18)16-6-5-8-1-4-12(14)19-8/h1-4,7,16H,5-6H2. The van der Waals surface area contributed by atoms with Crippen LogP contribution in [0.5, 0.6) is 0 Å². The minimum atomic E-state index is -3.51. The van der Waals surface area contributed by atoms with Crippen LogP contribution in [0, 0.1) is 0 Å². The van der Waals surface area contributed by atoms with Crippen molar-refractivity contribution in [3.63, 3.8) is 0 Å². The summed E-state index contributed by atoms with van der Waals surface area (Å²) in [6, 6.07) is 8.45. The lowest BCUT2D eigenvalue weighted by Crippen LogP contribution is -2.25. The average Bonchev–Trinajstić information content (AvgIpc) is 2.78. The molecule has 20 heavy (non-hydrogen) atoms. The predicted molar refractivity (Wildman–Crippen MR) is 90.1 cm³/mol. The van der Waals surface area contributed by atoms with E-state index in [1.807, 2.05) is 12.1 Å². The number of hydrogen-bond acceptors (Lipinski definition) is 3. The second kappa shape index (κ2) is 6.89. The number of halogens is 3. The first kappa shape index (κ1) is 16.5. The van der Waals surface area contributed by atoms with E-state index in [-0.39, 0.29) is 4.90 Å². The molecule has 0 aliphatic rings. The average molecular weight is 460 g/mol. The maximum absolute atomic E-state index is 12.1. The molecule has 108 valence electrons. The van der Waals surface area contributed by atoms with Crippen molar-refractivity contribution in [2.45, 2.75) is 11.3 Å². The molecular formula is C12H10Br2ClNO2S2. The van der Waals surface area contributed by atoms with E-state index >= 15 is 0 Å². The van der Waals surface area contributed by atoms with Crippen LogP contribution in [0.15, 0.2) is 43.5 Å². The largest absolute Gasteiger partial charge is 0.240 e. The topological polar surface area (TPSA) is 46.2 Å². The molecule has 0 fully saturated rings. The lowest BCUT2D eigenvalue weighted by Gasteiger charge is -2.07. The molecule has 0 saturated heterocycles. The van der Waals surface area contributed by atoms with Crippen LogP contribution in [0.1, 0.15) is 4.88 Å². The van der Waals surface area contributed by atoms with Crippen LogP contribution in [0.3, 0.4) is 0 Å². The molecular weight excluding hydrogens is 450 g/mol. The highest BCUT2D eigenvalue weighted by Crippen LogP contribution is 2.25. The van der Waals surface area contributed by atoms with Crippen LogP contribution in [0.4, 0.5) is 0 Å². The Hall–Kier alpha value is 0.0800. The monoisotopic (exact) mass is 457 g/mol. The van der Waals surface area contributed by atoms with Gasteiger partial charge in [-0.1, -0.05) is 11.6 Å². The van der Waals surface area contributed by atoms with Gasteiger partial charge in [0.25, 0.3) is 0 Å². The molecule has 0 unspecified atom stereocenters. The molecule has 2 aromatic rings. The van der Waals surface area contributed by atoms with Crippen LogP contribution in [0.25, 0.3) is 0 Å². The fourth-order valence-electron chi connectivity index (χ4n) is 1.52. The number of thiophene rings is 1. The molecule has 8 heteroatoms. The maximum Gasteiger partial charge on any atom is 0.240 e. The van der Waals surface area contributed by atoms with Crippen LogP contribution >= 0.6 is 54.8 Å². The Morgan fingerprint density at radius 2 is 1.95 bits per heavy atom. The molecule has 0 amide bonds. The van der Waals surface area contributed by atoms with Crippen LogP contribution in [0.2, 0.25) is 5.02 Å². The Morgan fingerprint density at radius 3 is 2.55 bits per heavy atom. The van der Waals surface area contributed by atoms with Gasteiger partial charge in [-0.25, -0.2) is 13.1 Å². The van der Waals surface area contributed by atoms with Gasteiger partial charge in [0.2, 0.25) is 10.0 Å². The summed E-state index contributed by atoms with van der Waals surface area (Å²) in [5.74, 6) is 0. The van der Waals surface area contributed by atoms with E-state index in [0.717, 1.165) is 8.66 Å². The predicted octanol–water partition coefficient (Wildman–Crippen LogP) is 4.45. The zero-order chi connectivity index (χ0) is 14.8. The quantitative estimate of drug-likeness (QED) is 0.718. The Morgan fingerprint density at radius 1 is 1.20 bits per heavy atom. The van der Waals surface area contributed by atoms with Crippen molar-refractivity contribution in [2.75, 3.05) is 6.54 Å². The highest BCUT2D eigenvalue weighted by atomic mass is 79.9. The molecule has 3 nitrogen and oxygen atoms in total. The fraction of sp³-hybridized carbons (Fsp3) is 0.167. The van der Waals surface area contributed by atoms with Gasteiger partial charge < -0.3 is 0 Å². The zero-order valence-corrected chi connectivity index (χ0v) is 15.6. The van der Waals surface area contributed by atoms with Gasteiger partial charge in [-0.15, -0.1) is 11.3 Å². The van der Waals surface area contributed by atoms with Gasteiger partial charge >= 0.3 is 0 Å². The lowest BCUT2D eigenvalue weighted by molar-refractivity contribution is 0.582. The first-order valence-corrected chi connectivity index (χ1v) is 9.84. The Bertz CT molecular complexity index is 716. The molecule has 0 radical (unpaired) electrons. The van der Waals surface area contributed by atoms with Crippen molar-refractivity contribution in [3.05, 3.63) is 48.5 Å². The molecule has 1 aromatic heterocycles. The minimum Gasteiger partial charge on any atom is -0.211 e. The van der Waals surface area contributed by atoms with E-state index in [1.54, 1.807) is 17.4 Å². The van der Waals surface area contributed by atoms with Crippen molar-refractivity contribution >= 4 is 64.8 Å². The summed E-state index contributed by atoms with van der Waals surface area (Å²) in [4.78, 5) is 1.32. The summed E-state index contributed by atoms with van der Waals surface area (Å²) in [7, 11) is -3.51. The van der Waals surface area contributed by atoms with Crippen molar-refractivity contribution < 1.29 is 8.42 Å². The molecule has 1 N–H and O–H groups in total.